The predicted octanol–water partition coefficient (Wildman–Crippen LogP) is 2.31. The fourth-order valence-electron chi connectivity index (χ4n) is 1.78. The predicted molar refractivity (Wildman–Crippen MR) is 79.7 cm³/mol. The van der Waals surface area contributed by atoms with E-state index in [-0.39, 0.29) is 24.0 Å². The maximum Gasteiger partial charge on any atom is 0.194 e. The highest BCUT2D eigenvalue weighted by atomic mass is 127. The Morgan fingerprint density at radius 3 is 2.88 bits per heavy atom. The third kappa shape index (κ3) is 3.62. The van der Waals surface area contributed by atoms with Crippen LogP contribution in [0.2, 0.25) is 0 Å². The molecule has 4 nitrogen and oxygen atoms in total. The largest absolute Gasteiger partial charge is 0.472 e. The molecule has 5 heteroatoms. The second-order valence-electron chi connectivity index (χ2n) is 4.65. The Morgan fingerprint density at radius 1 is 1.59 bits per heavy atom. The molecule has 0 saturated carbocycles. The fraction of sp³-hybridized carbons (Fsp3) is 0.583. The molecule has 2 rings (SSSR count). The van der Waals surface area contributed by atoms with Gasteiger partial charge in [-0.2, -0.15) is 0 Å². The molecule has 17 heavy (non-hydrogen) atoms. The van der Waals surface area contributed by atoms with Crippen molar-refractivity contribution >= 4 is 29.9 Å². The number of furan rings is 1. The molecule has 1 aromatic heterocycles. The summed E-state index contributed by atoms with van der Waals surface area (Å²) < 4.78 is 5.05. The first-order valence-corrected chi connectivity index (χ1v) is 5.70. The number of nitrogens with zero attached hydrogens (tertiary/aromatic N) is 2. The van der Waals surface area contributed by atoms with Crippen LogP contribution in [0.1, 0.15) is 19.4 Å². The highest BCUT2D eigenvalue weighted by molar-refractivity contribution is 14.0. The first kappa shape index (κ1) is 14.3. The lowest BCUT2D eigenvalue weighted by atomic mass is 10.1. The van der Waals surface area contributed by atoms with Gasteiger partial charge in [0.05, 0.1) is 25.1 Å². The molecular weight excluding hydrogens is 329 g/mol. The van der Waals surface area contributed by atoms with Crippen molar-refractivity contribution < 1.29 is 4.42 Å². The van der Waals surface area contributed by atoms with Crippen LogP contribution >= 0.6 is 24.0 Å². The number of halogens is 1. The zero-order valence-corrected chi connectivity index (χ0v) is 12.8. The van der Waals surface area contributed by atoms with Gasteiger partial charge in [0.1, 0.15) is 0 Å². The number of nitrogens with one attached hydrogen (secondary N) is 1. The van der Waals surface area contributed by atoms with Gasteiger partial charge < -0.3 is 14.6 Å². The minimum Gasteiger partial charge on any atom is -0.472 e. The van der Waals surface area contributed by atoms with Gasteiger partial charge in [0.15, 0.2) is 5.96 Å². The summed E-state index contributed by atoms with van der Waals surface area (Å²) in [5.41, 5.74) is 1.17. The maximum absolute atomic E-state index is 5.05. The summed E-state index contributed by atoms with van der Waals surface area (Å²) in [6, 6.07) is 2.45. The number of rotatable bonds is 3. The van der Waals surface area contributed by atoms with Gasteiger partial charge >= 0.3 is 0 Å². The van der Waals surface area contributed by atoms with Crippen LogP contribution in [0.3, 0.4) is 0 Å². The van der Waals surface area contributed by atoms with E-state index >= 15 is 0 Å². The number of hydrogen-bond acceptors (Lipinski definition) is 4. The zero-order chi connectivity index (χ0) is 11.5. The Bertz CT molecular complexity index is 362. The van der Waals surface area contributed by atoms with E-state index in [0.29, 0.717) is 12.0 Å². The lowest BCUT2D eigenvalue weighted by Crippen LogP contribution is -2.41. The quantitative estimate of drug-likeness (QED) is 0.852. The zero-order valence-electron chi connectivity index (χ0n) is 10.5. The van der Waals surface area contributed by atoms with E-state index < -0.39 is 0 Å². The van der Waals surface area contributed by atoms with Crippen LogP contribution in [0, 0.1) is 5.92 Å². The summed E-state index contributed by atoms with van der Waals surface area (Å²) in [6.07, 6.45) is 3.47. The Kier molecular flexibility index (Phi) is 5.30. The van der Waals surface area contributed by atoms with E-state index in [1.165, 1.54) is 5.56 Å². The van der Waals surface area contributed by atoms with E-state index in [4.69, 9.17) is 4.42 Å². The maximum atomic E-state index is 5.05. The van der Waals surface area contributed by atoms with E-state index in [1.807, 2.05) is 13.1 Å². The van der Waals surface area contributed by atoms with Crippen molar-refractivity contribution in [2.45, 2.75) is 26.4 Å². The molecule has 1 unspecified atom stereocenters. The molecular formula is C12H20IN3O. The van der Waals surface area contributed by atoms with Crippen molar-refractivity contribution in [3.63, 3.8) is 0 Å². The van der Waals surface area contributed by atoms with Gasteiger partial charge in [-0.25, -0.2) is 0 Å². The van der Waals surface area contributed by atoms with Gasteiger partial charge in [0, 0.05) is 19.2 Å². The van der Waals surface area contributed by atoms with Crippen LogP contribution in [0.15, 0.2) is 28.0 Å². The minimum atomic E-state index is 0. The van der Waals surface area contributed by atoms with Gasteiger partial charge in [-0.3, -0.25) is 4.99 Å². The van der Waals surface area contributed by atoms with E-state index in [0.717, 1.165) is 19.0 Å². The van der Waals surface area contributed by atoms with Crippen LogP contribution in [-0.4, -0.2) is 30.5 Å². The van der Waals surface area contributed by atoms with Gasteiger partial charge in [-0.1, -0.05) is 13.8 Å². The highest BCUT2D eigenvalue weighted by Gasteiger charge is 2.22. The third-order valence-electron chi connectivity index (χ3n) is 2.92. The molecule has 2 heterocycles. The Balaban J connectivity index is 0.00000144. The monoisotopic (exact) mass is 349 g/mol. The molecule has 1 aliphatic heterocycles. The van der Waals surface area contributed by atoms with Gasteiger partial charge in [-0.15, -0.1) is 24.0 Å². The van der Waals surface area contributed by atoms with Crippen LogP contribution in [-0.2, 0) is 6.54 Å². The average Bonchev–Trinajstić information content (AvgIpc) is 2.86. The molecule has 1 N–H and O–H groups in total. The third-order valence-corrected chi connectivity index (χ3v) is 2.92. The molecule has 96 valence electrons. The minimum absolute atomic E-state index is 0. The lowest BCUT2D eigenvalue weighted by molar-refractivity contribution is 0.443. The Hall–Kier alpha value is -0.720. The molecule has 0 amide bonds. The standard InChI is InChI=1S/C12H19N3O.HI/c1-9(2)11-6-13-12(14-11)15(3)7-10-4-5-16-8-10;/h4-5,8-9,11H,6-7H2,1-3H3,(H,13,14);1H. The molecule has 0 spiro atoms. The second-order valence-corrected chi connectivity index (χ2v) is 4.65. The molecule has 0 aromatic carbocycles. The first-order chi connectivity index (χ1) is 7.66. The first-order valence-electron chi connectivity index (χ1n) is 5.70. The summed E-state index contributed by atoms with van der Waals surface area (Å²) in [4.78, 5) is 6.64. The highest BCUT2D eigenvalue weighted by Crippen LogP contribution is 2.10. The molecule has 0 fully saturated rings. The number of guanidine groups is 1. The molecule has 1 aliphatic rings. The molecule has 0 bridgehead atoms. The SMILES string of the molecule is CC(C)C1CN=C(N(C)Cc2ccoc2)N1.I. The number of aliphatic imine (C=N–C) groups is 1. The van der Waals surface area contributed by atoms with Crippen LogP contribution in [0.4, 0.5) is 0 Å². The molecule has 0 aliphatic carbocycles. The van der Waals surface area contributed by atoms with Crippen molar-refractivity contribution in [3.05, 3.63) is 24.2 Å². The Morgan fingerprint density at radius 2 is 2.35 bits per heavy atom. The van der Waals surface area contributed by atoms with Crippen molar-refractivity contribution in [2.24, 2.45) is 10.9 Å². The fourth-order valence-corrected chi connectivity index (χ4v) is 1.78. The van der Waals surface area contributed by atoms with Gasteiger partial charge in [0.2, 0.25) is 0 Å². The lowest BCUT2D eigenvalue weighted by Gasteiger charge is -2.21. The summed E-state index contributed by atoms with van der Waals surface area (Å²) in [5, 5.41) is 3.45. The Labute approximate surface area is 119 Å². The van der Waals surface area contributed by atoms with E-state index in [9.17, 15) is 0 Å². The van der Waals surface area contributed by atoms with Crippen molar-refractivity contribution in [2.75, 3.05) is 13.6 Å². The van der Waals surface area contributed by atoms with Crippen molar-refractivity contribution in [3.8, 4) is 0 Å². The van der Waals surface area contributed by atoms with Crippen molar-refractivity contribution in [1.29, 1.82) is 0 Å². The molecule has 1 atom stereocenters. The van der Waals surface area contributed by atoms with Gasteiger partial charge in [0.25, 0.3) is 0 Å². The second kappa shape index (κ2) is 6.28. The summed E-state index contributed by atoms with van der Waals surface area (Å²) in [5.74, 6) is 1.60. The molecule has 0 saturated heterocycles. The summed E-state index contributed by atoms with van der Waals surface area (Å²) in [6.45, 7) is 6.13. The van der Waals surface area contributed by atoms with Crippen LogP contribution < -0.4 is 5.32 Å². The van der Waals surface area contributed by atoms with Gasteiger partial charge in [-0.05, 0) is 12.0 Å². The number of hydrogen-bond donors (Lipinski definition) is 1. The molecule has 0 radical (unpaired) electrons. The summed E-state index contributed by atoms with van der Waals surface area (Å²) >= 11 is 0. The van der Waals surface area contributed by atoms with E-state index in [2.05, 4.69) is 29.1 Å². The summed E-state index contributed by atoms with van der Waals surface area (Å²) in [7, 11) is 2.04. The van der Waals surface area contributed by atoms with Crippen molar-refractivity contribution in [1.82, 2.24) is 10.2 Å². The average molecular weight is 349 g/mol. The smallest absolute Gasteiger partial charge is 0.194 e. The van der Waals surface area contributed by atoms with Crippen LogP contribution in [0.5, 0.6) is 0 Å². The normalized spacial score (nSPS) is 18.6. The van der Waals surface area contributed by atoms with Crippen LogP contribution in [0.25, 0.3) is 0 Å². The molecule has 1 aromatic rings. The topological polar surface area (TPSA) is 40.8 Å². The van der Waals surface area contributed by atoms with E-state index in [1.54, 1.807) is 12.5 Å².